The first-order chi connectivity index (χ1) is 15.4. The van der Waals surface area contributed by atoms with E-state index in [2.05, 4.69) is 21.3 Å². The number of nitrogens with zero attached hydrogens (tertiary/aromatic N) is 3. The van der Waals surface area contributed by atoms with E-state index in [1.54, 1.807) is 24.1 Å². The van der Waals surface area contributed by atoms with Gasteiger partial charge in [0.1, 0.15) is 11.6 Å². The topological polar surface area (TPSA) is 74.8 Å². The zero-order valence-corrected chi connectivity index (χ0v) is 18.7. The first-order valence-corrected chi connectivity index (χ1v) is 10.9. The smallest absolute Gasteiger partial charge is 0.254 e. The monoisotopic (exact) mass is 440 g/mol. The number of carbonyl (C=O) groups is 2. The summed E-state index contributed by atoms with van der Waals surface area (Å²) in [5.74, 6) is -0.729. The minimum Gasteiger partial charge on any atom is -0.384 e. The molecular weight excluding hydrogens is 411 g/mol. The molecule has 170 valence electrons. The van der Waals surface area contributed by atoms with Crippen LogP contribution in [0.25, 0.3) is 0 Å². The molecule has 2 aliphatic rings. The number of carbonyl (C=O) groups excluding carboxylic acids is 2. The summed E-state index contributed by atoms with van der Waals surface area (Å²) in [6, 6.07) is 6.54. The highest BCUT2D eigenvalue weighted by Crippen LogP contribution is 2.32. The van der Waals surface area contributed by atoms with Crippen molar-refractivity contribution in [3.63, 3.8) is 0 Å². The number of anilines is 1. The molecule has 1 aromatic heterocycles. The summed E-state index contributed by atoms with van der Waals surface area (Å²) in [4.78, 5) is 33.7. The third kappa shape index (κ3) is 4.32. The van der Waals surface area contributed by atoms with Gasteiger partial charge >= 0.3 is 0 Å². The Morgan fingerprint density at radius 1 is 1.22 bits per heavy atom. The standard InChI is InChI=1S/C24H29FN4O3/c1-15-10-16(2)22(26-12-15)28-6-8-29(9-7-28)24(31)17-4-5-19(20(25)11-17)21-18(14-32-3)13-27-23(21)30/h4-5,10-12,18,21H,6-9,13-14H2,1-3H3,(H,27,30)/t18?,21-/m1/s1. The lowest BCUT2D eigenvalue weighted by molar-refractivity contribution is -0.120. The van der Waals surface area contributed by atoms with E-state index in [0.29, 0.717) is 50.5 Å². The van der Waals surface area contributed by atoms with Crippen LogP contribution in [0.1, 0.15) is 33.0 Å². The van der Waals surface area contributed by atoms with Gasteiger partial charge in [-0.25, -0.2) is 9.37 Å². The molecule has 1 aromatic carbocycles. The van der Waals surface area contributed by atoms with Gasteiger partial charge in [-0.15, -0.1) is 0 Å². The molecule has 3 heterocycles. The SMILES string of the molecule is COCC1CNC(=O)[C@H]1c1ccc(C(=O)N2CCN(c3ncc(C)cc3C)CC2)cc1F. The Bertz CT molecular complexity index is 1020. The Balaban J connectivity index is 1.44. The second kappa shape index (κ2) is 9.24. The maximum absolute atomic E-state index is 15.0. The number of rotatable bonds is 5. The van der Waals surface area contributed by atoms with Crippen LogP contribution in [-0.2, 0) is 9.53 Å². The van der Waals surface area contributed by atoms with Crippen LogP contribution in [-0.4, -0.2) is 68.1 Å². The molecule has 0 saturated carbocycles. The van der Waals surface area contributed by atoms with Crippen LogP contribution >= 0.6 is 0 Å². The van der Waals surface area contributed by atoms with Crippen molar-refractivity contribution in [3.8, 4) is 0 Å². The maximum Gasteiger partial charge on any atom is 0.254 e. The molecule has 1 unspecified atom stereocenters. The number of pyridine rings is 1. The quantitative estimate of drug-likeness (QED) is 0.772. The van der Waals surface area contributed by atoms with Gasteiger partial charge in [0, 0.05) is 63.1 Å². The number of hydrogen-bond acceptors (Lipinski definition) is 5. The fourth-order valence-electron chi connectivity index (χ4n) is 4.69. The van der Waals surface area contributed by atoms with Gasteiger partial charge in [0.2, 0.25) is 5.91 Å². The van der Waals surface area contributed by atoms with E-state index in [1.807, 2.05) is 20.0 Å². The number of nitrogens with one attached hydrogen (secondary N) is 1. The lowest BCUT2D eigenvalue weighted by Gasteiger charge is -2.36. The van der Waals surface area contributed by atoms with E-state index in [1.165, 1.54) is 6.07 Å². The number of piperazine rings is 1. The maximum atomic E-state index is 15.0. The number of benzene rings is 1. The van der Waals surface area contributed by atoms with Gasteiger partial charge in [-0.05, 0) is 37.1 Å². The van der Waals surface area contributed by atoms with Crippen LogP contribution in [0.15, 0.2) is 30.5 Å². The lowest BCUT2D eigenvalue weighted by atomic mass is 9.88. The van der Waals surface area contributed by atoms with Crippen LogP contribution in [0.3, 0.4) is 0 Å². The molecule has 2 amide bonds. The first kappa shape index (κ1) is 22.2. The number of halogens is 1. The van der Waals surface area contributed by atoms with E-state index in [-0.39, 0.29) is 17.7 Å². The molecule has 0 radical (unpaired) electrons. The highest BCUT2D eigenvalue weighted by Gasteiger charge is 2.37. The van der Waals surface area contributed by atoms with Gasteiger partial charge in [-0.1, -0.05) is 12.1 Å². The second-order valence-corrected chi connectivity index (χ2v) is 8.61. The van der Waals surface area contributed by atoms with Gasteiger partial charge < -0.3 is 19.9 Å². The molecule has 2 atom stereocenters. The fraction of sp³-hybridized carbons (Fsp3) is 0.458. The Hall–Kier alpha value is -3.00. The highest BCUT2D eigenvalue weighted by atomic mass is 19.1. The largest absolute Gasteiger partial charge is 0.384 e. The molecule has 0 bridgehead atoms. The van der Waals surface area contributed by atoms with Crippen molar-refractivity contribution in [2.75, 3.05) is 51.3 Å². The van der Waals surface area contributed by atoms with E-state index in [4.69, 9.17) is 4.74 Å². The van der Waals surface area contributed by atoms with Crippen molar-refractivity contribution >= 4 is 17.6 Å². The van der Waals surface area contributed by atoms with E-state index in [9.17, 15) is 14.0 Å². The summed E-state index contributed by atoms with van der Waals surface area (Å²) in [6.45, 7) is 7.30. The summed E-state index contributed by atoms with van der Waals surface area (Å²) in [5.41, 5.74) is 2.84. The Morgan fingerprint density at radius 3 is 2.62 bits per heavy atom. The average molecular weight is 441 g/mol. The first-order valence-electron chi connectivity index (χ1n) is 10.9. The molecule has 0 aliphatic carbocycles. The summed E-state index contributed by atoms with van der Waals surface area (Å²) >= 11 is 0. The van der Waals surface area contributed by atoms with E-state index < -0.39 is 11.7 Å². The van der Waals surface area contributed by atoms with Crippen molar-refractivity contribution in [1.82, 2.24) is 15.2 Å². The van der Waals surface area contributed by atoms with Gasteiger partial charge in [-0.3, -0.25) is 9.59 Å². The van der Waals surface area contributed by atoms with Crippen LogP contribution < -0.4 is 10.2 Å². The number of amides is 2. The molecule has 4 rings (SSSR count). The minimum absolute atomic E-state index is 0.129. The fourth-order valence-corrected chi connectivity index (χ4v) is 4.69. The summed E-state index contributed by atoms with van der Waals surface area (Å²) in [6.07, 6.45) is 1.85. The van der Waals surface area contributed by atoms with Gasteiger partial charge in [0.25, 0.3) is 5.91 Å². The predicted octanol–water partition coefficient (Wildman–Crippen LogP) is 2.28. The van der Waals surface area contributed by atoms with Crippen LogP contribution in [0.4, 0.5) is 10.2 Å². The Labute approximate surface area is 187 Å². The molecule has 2 saturated heterocycles. The number of ether oxygens (including phenoxy) is 1. The molecule has 2 fully saturated rings. The third-order valence-electron chi connectivity index (χ3n) is 6.31. The number of aromatic nitrogens is 1. The van der Waals surface area contributed by atoms with Crippen molar-refractivity contribution in [2.24, 2.45) is 5.92 Å². The van der Waals surface area contributed by atoms with Gasteiger partial charge in [0.05, 0.1) is 12.5 Å². The number of aryl methyl sites for hydroxylation is 2. The van der Waals surface area contributed by atoms with E-state index >= 15 is 0 Å². The van der Waals surface area contributed by atoms with Gasteiger partial charge in [-0.2, -0.15) is 0 Å². The Morgan fingerprint density at radius 2 is 1.97 bits per heavy atom. The zero-order valence-electron chi connectivity index (χ0n) is 18.7. The molecular formula is C24H29FN4O3. The number of methoxy groups -OCH3 is 1. The summed E-state index contributed by atoms with van der Waals surface area (Å²) in [5, 5.41) is 2.77. The van der Waals surface area contributed by atoms with Crippen molar-refractivity contribution in [2.45, 2.75) is 19.8 Å². The van der Waals surface area contributed by atoms with Crippen molar-refractivity contribution < 1.29 is 18.7 Å². The van der Waals surface area contributed by atoms with Crippen molar-refractivity contribution in [1.29, 1.82) is 0 Å². The molecule has 1 N–H and O–H groups in total. The van der Waals surface area contributed by atoms with Crippen LogP contribution in [0, 0.1) is 25.6 Å². The zero-order chi connectivity index (χ0) is 22.8. The van der Waals surface area contributed by atoms with Crippen molar-refractivity contribution in [3.05, 3.63) is 58.5 Å². The molecule has 8 heteroatoms. The molecule has 2 aromatic rings. The normalized spacial score (nSPS) is 21.1. The summed E-state index contributed by atoms with van der Waals surface area (Å²) in [7, 11) is 1.56. The minimum atomic E-state index is -0.604. The summed E-state index contributed by atoms with van der Waals surface area (Å²) < 4.78 is 20.1. The highest BCUT2D eigenvalue weighted by molar-refractivity contribution is 5.95. The van der Waals surface area contributed by atoms with E-state index in [0.717, 1.165) is 16.9 Å². The molecule has 32 heavy (non-hydrogen) atoms. The Kier molecular flexibility index (Phi) is 6.41. The molecule has 0 spiro atoms. The van der Waals surface area contributed by atoms with Gasteiger partial charge in [0.15, 0.2) is 0 Å². The second-order valence-electron chi connectivity index (χ2n) is 8.61. The molecule has 2 aliphatic heterocycles. The third-order valence-corrected chi connectivity index (χ3v) is 6.31. The average Bonchev–Trinajstić information content (AvgIpc) is 3.13. The van der Waals surface area contributed by atoms with Crippen LogP contribution in [0.5, 0.6) is 0 Å². The van der Waals surface area contributed by atoms with Crippen LogP contribution in [0.2, 0.25) is 0 Å². The lowest BCUT2D eigenvalue weighted by Crippen LogP contribution is -2.49. The molecule has 7 nitrogen and oxygen atoms in total. The predicted molar refractivity (Wildman–Crippen MR) is 119 cm³/mol. The number of hydrogen-bond donors (Lipinski definition) is 1.